The van der Waals surface area contributed by atoms with Crippen molar-refractivity contribution in [2.45, 2.75) is 34.8 Å². The molecule has 0 radical (unpaired) electrons. The van der Waals surface area contributed by atoms with Gasteiger partial charge in [-0.2, -0.15) is 5.10 Å². The molecule has 2 aliphatic heterocycles. The van der Waals surface area contributed by atoms with E-state index in [0.717, 1.165) is 30.2 Å². The minimum atomic E-state index is -1.23. The zero-order valence-electron chi connectivity index (χ0n) is 18.1. The summed E-state index contributed by atoms with van der Waals surface area (Å²) in [5.74, 6) is -1.32. The van der Waals surface area contributed by atoms with Crippen LogP contribution in [0.2, 0.25) is 0 Å². The Kier molecular flexibility index (Phi) is 5.00. The number of benzene rings is 1. The fraction of sp³-hybridized carbons (Fsp3) is 0.273. The van der Waals surface area contributed by atoms with Gasteiger partial charge in [-0.25, -0.2) is 14.8 Å². The van der Waals surface area contributed by atoms with Crippen LogP contribution in [0, 0.1) is 0 Å². The number of amides is 2. The molecule has 13 heteroatoms. The van der Waals surface area contributed by atoms with Gasteiger partial charge in [-0.3, -0.25) is 19.6 Å². The van der Waals surface area contributed by atoms with Crippen LogP contribution in [0.3, 0.4) is 0 Å². The number of carboxylic acids is 1. The first-order valence-electron chi connectivity index (χ1n) is 10.8. The number of carbonyl (C=O) groups is 3. The van der Waals surface area contributed by atoms with Crippen molar-refractivity contribution < 1.29 is 19.5 Å². The van der Waals surface area contributed by atoms with Gasteiger partial charge in [0.25, 0.3) is 5.91 Å². The first kappa shape index (κ1) is 21.9. The monoisotopic (exact) mass is 509 g/mol. The first-order chi connectivity index (χ1) is 16.9. The van der Waals surface area contributed by atoms with Crippen LogP contribution < -0.4 is 11.1 Å². The highest BCUT2D eigenvalue weighted by molar-refractivity contribution is 8.06. The number of thioether (sulfide) groups is 2. The van der Waals surface area contributed by atoms with Gasteiger partial charge in [0.15, 0.2) is 10.8 Å². The Bertz CT molecular complexity index is 1420. The number of anilines is 1. The van der Waals surface area contributed by atoms with Gasteiger partial charge in [0.05, 0.1) is 17.0 Å². The average molecular weight is 510 g/mol. The van der Waals surface area contributed by atoms with E-state index in [-0.39, 0.29) is 22.6 Å². The highest BCUT2D eigenvalue weighted by Crippen LogP contribution is 2.50. The van der Waals surface area contributed by atoms with Crippen LogP contribution in [0.25, 0.3) is 11.0 Å². The summed E-state index contributed by atoms with van der Waals surface area (Å²) in [7, 11) is 0. The van der Waals surface area contributed by atoms with Gasteiger partial charge in [-0.15, -0.1) is 11.8 Å². The number of nitrogen functional groups attached to an aromatic ring is 1. The smallest absolute Gasteiger partial charge is 0.353 e. The molecule has 1 saturated carbocycles. The molecular weight excluding hydrogens is 490 g/mol. The van der Waals surface area contributed by atoms with E-state index in [1.165, 1.54) is 22.9 Å². The summed E-state index contributed by atoms with van der Waals surface area (Å²) >= 11 is 2.44. The van der Waals surface area contributed by atoms with Gasteiger partial charge in [0, 0.05) is 10.7 Å². The molecule has 6 rings (SSSR count). The second kappa shape index (κ2) is 7.99. The number of fused-ring (bicyclic) bond motifs is 2. The predicted octanol–water partition coefficient (Wildman–Crippen LogP) is 1.46. The molecule has 35 heavy (non-hydrogen) atoms. The van der Waals surface area contributed by atoms with Crippen molar-refractivity contribution in [2.75, 3.05) is 11.5 Å². The third-order valence-corrected chi connectivity index (χ3v) is 8.88. The maximum atomic E-state index is 13.1. The van der Waals surface area contributed by atoms with Crippen molar-refractivity contribution in [3.8, 4) is 0 Å². The van der Waals surface area contributed by atoms with E-state index in [9.17, 15) is 19.5 Å². The molecule has 4 heterocycles. The zero-order chi connectivity index (χ0) is 24.3. The molecule has 178 valence electrons. The molecule has 1 saturated heterocycles. The van der Waals surface area contributed by atoms with E-state index in [2.05, 4.69) is 25.5 Å². The van der Waals surface area contributed by atoms with Gasteiger partial charge in [0.1, 0.15) is 22.9 Å². The molecule has 0 bridgehead atoms. The van der Waals surface area contributed by atoms with Crippen LogP contribution >= 0.6 is 23.5 Å². The highest BCUT2D eigenvalue weighted by atomic mass is 32.2. The summed E-state index contributed by atoms with van der Waals surface area (Å²) in [6.07, 6.45) is 2.95. The number of hydrogen-bond donors (Lipinski definition) is 4. The molecule has 0 spiro atoms. The predicted molar refractivity (Wildman–Crippen MR) is 129 cm³/mol. The summed E-state index contributed by atoms with van der Waals surface area (Å²) in [6, 6.07) is 8.73. The lowest BCUT2D eigenvalue weighted by Crippen LogP contribution is -2.71. The van der Waals surface area contributed by atoms with Crippen LogP contribution in [-0.4, -0.2) is 65.1 Å². The molecule has 2 amide bonds. The van der Waals surface area contributed by atoms with E-state index in [4.69, 9.17) is 5.73 Å². The minimum absolute atomic E-state index is 0.120. The molecular formula is C22H19N7O4S2. The van der Waals surface area contributed by atoms with Crippen molar-refractivity contribution in [1.29, 1.82) is 0 Å². The number of H-pyrrole nitrogens is 1. The summed E-state index contributed by atoms with van der Waals surface area (Å²) in [4.78, 5) is 48.6. The topological polar surface area (TPSA) is 167 Å². The van der Waals surface area contributed by atoms with Crippen LogP contribution in [0.1, 0.15) is 18.4 Å². The standard InChI is InChI=1S/C22H19N7O4S2/c23-15-11-8-24-28-16(11)27-21(26-15)35-12-9-34-18-13(17(30)29(18)14(12)19(31)32)25-20(33)22(6-7-22)10-4-2-1-3-5-10/h1-5,8,13,18H,6-7,9H2,(H,25,33)(H,31,32)(H3,23,24,26,27,28)/t13?,18-/m1/s1. The van der Waals surface area contributed by atoms with E-state index in [0.29, 0.717) is 21.7 Å². The van der Waals surface area contributed by atoms with Crippen molar-refractivity contribution >= 4 is 58.2 Å². The number of aliphatic carboxylic acids is 1. The molecule has 1 unspecified atom stereocenters. The lowest BCUT2D eigenvalue weighted by molar-refractivity contribution is -0.150. The number of carboxylic acid groups (broad SMARTS) is 1. The number of aromatic amines is 1. The Hall–Kier alpha value is -3.58. The molecule has 2 fully saturated rings. The van der Waals surface area contributed by atoms with E-state index in [1.54, 1.807) is 0 Å². The van der Waals surface area contributed by atoms with Crippen molar-refractivity contribution in [2.24, 2.45) is 0 Å². The Balaban J connectivity index is 1.23. The number of hydrogen-bond acceptors (Lipinski definition) is 9. The van der Waals surface area contributed by atoms with Gasteiger partial charge >= 0.3 is 5.97 Å². The van der Waals surface area contributed by atoms with Gasteiger partial charge in [-0.1, -0.05) is 42.1 Å². The minimum Gasteiger partial charge on any atom is -0.477 e. The van der Waals surface area contributed by atoms with Crippen molar-refractivity contribution in [3.63, 3.8) is 0 Å². The Morgan fingerprint density at radius 1 is 1.26 bits per heavy atom. The summed E-state index contributed by atoms with van der Waals surface area (Å²) < 4.78 is 0. The molecule has 3 aliphatic rings. The number of aromatic nitrogens is 4. The maximum Gasteiger partial charge on any atom is 0.353 e. The lowest BCUT2D eigenvalue weighted by Gasteiger charge is -2.49. The second-order valence-electron chi connectivity index (χ2n) is 8.51. The summed E-state index contributed by atoms with van der Waals surface area (Å²) in [6.45, 7) is 0. The fourth-order valence-electron chi connectivity index (χ4n) is 4.47. The Morgan fingerprint density at radius 2 is 2.03 bits per heavy atom. The van der Waals surface area contributed by atoms with Gasteiger partial charge in [0.2, 0.25) is 5.91 Å². The maximum absolute atomic E-state index is 13.1. The molecule has 1 aromatic carbocycles. The second-order valence-corrected chi connectivity index (χ2v) is 10.7. The van der Waals surface area contributed by atoms with Crippen LogP contribution in [0.5, 0.6) is 0 Å². The number of carbonyl (C=O) groups excluding carboxylic acids is 2. The fourth-order valence-corrected chi connectivity index (χ4v) is 6.89. The Morgan fingerprint density at radius 3 is 2.74 bits per heavy atom. The number of β-lactam (4-membered cyclic amide) rings is 1. The van der Waals surface area contributed by atoms with Crippen molar-refractivity contribution in [1.82, 2.24) is 30.4 Å². The summed E-state index contributed by atoms with van der Waals surface area (Å²) in [5, 5.41) is 19.8. The third-order valence-electron chi connectivity index (χ3n) is 6.47. The van der Waals surface area contributed by atoms with Crippen LogP contribution in [0.15, 0.2) is 52.3 Å². The van der Waals surface area contributed by atoms with E-state index < -0.39 is 28.7 Å². The molecule has 5 N–H and O–H groups in total. The molecule has 2 aromatic heterocycles. The van der Waals surface area contributed by atoms with Crippen molar-refractivity contribution in [3.05, 3.63) is 52.7 Å². The summed E-state index contributed by atoms with van der Waals surface area (Å²) in [5.41, 5.74) is 6.59. The van der Waals surface area contributed by atoms with Gasteiger partial charge < -0.3 is 16.2 Å². The number of nitrogens with zero attached hydrogens (tertiary/aromatic N) is 4. The zero-order valence-corrected chi connectivity index (χ0v) is 19.7. The largest absolute Gasteiger partial charge is 0.477 e. The normalized spacial score (nSPS) is 22.5. The van der Waals surface area contributed by atoms with E-state index in [1.807, 2.05) is 30.3 Å². The van der Waals surface area contributed by atoms with Gasteiger partial charge in [-0.05, 0) is 18.4 Å². The third kappa shape index (κ3) is 3.45. The number of rotatable bonds is 6. The first-order valence-corrected chi connectivity index (χ1v) is 12.7. The quantitative estimate of drug-likeness (QED) is 0.282. The molecule has 1 aliphatic carbocycles. The SMILES string of the molecule is Nc1nc(SC2=C(C(=O)O)N3C(=O)C(NC(=O)C4(c5ccccc5)CC4)[C@H]3SC2)nc2[nH]ncc12. The average Bonchev–Trinajstić information content (AvgIpc) is 3.53. The molecule has 2 atom stereocenters. The lowest BCUT2D eigenvalue weighted by atomic mass is 9.94. The van der Waals surface area contributed by atoms with E-state index >= 15 is 0 Å². The Labute approximate surface area is 206 Å². The molecule has 3 aromatic rings. The molecule has 11 nitrogen and oxygen atoms in total. The number of nitrogens with two attached hydrogens (primary N) is 1. The van der Waals surface area contributed by atoms with Crippen LogP contribution in [-0.2, 0) is 19.8 Å². The van der Waals surface area contributed by atoms with Crippen LogP contribution in [0.4, 0.5) is 5.82 Å². The number of nitrogens with one attached hydrogen (secondary N) is 2. The highest BCUT2D eigenvalue weighted by Gasteiger charge is 2.58.